The van der Waals surface area contributed by atoms with Crippen molar-refractivity contribution in [1.29, 1.82) is 0 Å². The standard InChI is InChI=1S/C27H25ClN4O5S/c28-21-10-14-23(15-11-21)38(35,36)32(24-3-1-2-16-29-25(24)34)17-18-4-6-19(7-5-18)26-30-31-27(37-26)20-8-12-22(33)13-9-20/h4-15,24,33H,1-3,16-17H2,(H,29,34)/t24-/m1/s1. The van der Waals surface area contributed by atoms with E-state index in [1.807, 2.05) is 0 Å². The second-order valence-corrected chi connectivity index (χ2v) is 11.3. The monoisotopic (exact) mass is 552 g/mol. The van der Waals surface area contributed by atoms with Crippen molar-refractivity contribution in [3.63, 3.8) is 0 Å². The van der Waals surface area contributed by atoms with E-state index in [9.17, 15) is 18.3 Å². The Kier molecular flexibility index (Phi) is 7.46. The summed E-state index contributed by atoms with van der Waals surface area (Å²) in [6.07, 6.45) is 1.95. The van der Waals surface area contributed by atoms with E-state index in [1.165, 1.54) is 40.7 Å². The first-order valence-corrected chi connectivity index (χ1v) is 13.9. The van der Waals surface area contributed by atoms with Crippen LogP contribution in [0.25, 0.3) is 22.9 Å². The van der Waals surface area contributed by atoms with Gasteiger partial charge in [0.15, 0.2) is 0 Å². The van der Waals surface area contributed by atoms with E-state index in [-0.39, 0.29) is 23.1 Å². The first-order chi connectivity index (χ1) is 18.3. The average Bonchev–Trinajstić information content (AvgIpc) is 3.31. The molecular formula is C27H25ClN4O5S. The highest BCUT2D eigenvalue weighted by Gasteiger charge is 2.36. The number of carbonyl (C=O) groups excluding carboxylic acids is 1. The van der Waals surface area contributed by atoms with E-state index in [1.54, 1.807) is 36.4 Å². The van der Waals surface area contributed by atoms with Gasteiger partial charge in [-0.15, -0.1) is 10.2 Å². The minimum Gasteiger partial charge on any atom is -0.508 e. The zero-order valence-corrected chi connectivity index (χ0v) is 21.8. The largest absolute Gasteiger partial charge is 0.508 e. The number of hydrogen-bond acceptors (Lipinski definition) is 7. The fourth-order valence-corrected chi connectivity index (χ4v) is 6.03. The van der Waals surface area contributed by atoms with E-state index in [4.69, 9.17) is 16.0 Å². The summed E-state index contributed by atoms with van der Waals surface area (Å²) < 4.78 is 34.5. The molecule has 1 aromatic heterocycles. The van der Waals surface area contributed by atoms with Gasteiger partial charge >= 0.3 is 0 Å². The molecule has 4 aromatic rings. The van der Waals surface area contributed by atoms with Gasteiger partial charge in [-0.2, -0.15) is 4.31 Å². The molecule has 38 heavy (non-hydrogen) atoms. The van der Waals surface area contributed by atoms with Crippen LogP contribution in [0, 0.1) is 0 Å². The lowest BCUT2D eigenvalue weighted by Gasteiger charge is -2.29. The van der Waals surface area contributed by atoms with Gasteiger partial charge in [0.05, 0.1) is 4.90 Å². The first-order valence-electron chi connectivity index (χ1n) is 12.1. The van der Waals surface area contributed by atoms with Crippen molar-refractivity contribution in [2.24, 2.45) is 0 Å². The molecule has 0 spiro atoms. The molecule has 0 bridgehead atoms. The number of amides is 1. The van der Waals surface area contributed by atoms with Crippen LogP contribution in [-0.2, 0) is 21.4 Å². The lowest BCUT2D eigenvalue weighted by atomic mass is 10.1. The lowest BCUT2D eigenvalue weighted by molar-refractivity contribution is -0.124. The fraction of sp³-hybridized carbons (Fsp3) is 0.222. The number of aromatic hydroxyl groups is 1. The van der Waals surface area contributed by atoms with Gasteiger partial charge < -0.3 is 14.8 Å². The van der Waals surface area contributed by atoms with Gasteiger partial charge in [0.2, 0.25) is 27.7 Å². The molecule has 2 heterocycles. The molecule has 1 fully saturated rings. The summed E-state index contributed by atoms with van der Waals surface area (Å²) >= 11 is 5.97. The van der Waals surface area contributed by atoms with Gasteiger partial charge in [-0.1, -0.05) is 23.7 Å². The summed E-state index contributed by atoms with van der Waals surface area (Å²) in [5, 5.41) is 20.9. The van der Waals surface area contributed by atoms with Crippen molar-refractivity contribution in [3.8, 4) is 28.7 Å². The Morgan fingerprint density at radius 2 is 1.53 bits per heavy atom. The van der Waals surface area contributed by atoms with E-state index in [0.29, 0.717) is 46.5 Å². The van der Waals surface area contributed by atoms with Crippen LogP contribution < -0.4 is 5.32 Å². The van der Waals surface area contributed by atoms with Crippen molar-refractivity contribution in [2.45, 2.75) is 36.7 Å². The molecule has 196 valence electrons. The molecule has 2 N–H and O–H groups in total. The Hall–Kier alpha value is -3.73. The molecule has 5 rings (SSSR count). The van der Waals surface area contributed by atoms with E-state index in [2.05, 4.69) is 15.5 Å². The van der Waals surface area contributed by atoms with Crippen LogP contribution in [0.5, 0.6) is 5.75 Å². The first kappa shape index (κ1) is 25.9. The number of sulfonamides is 1. The lowest BCUT2D eigenvalue weighted by Crippen LogP contribution is -2.48. The molecule has 0 saturated carbocycles. The highest BCUT2D eigenvalue weighted by Crippen LogP contribution is 2.28. The fourth-order valence-electron chi connectivity index (χ4n) is 4.30. The number of hydrogen-bond donors (Lipinski definition) is 2. The number of aromatic nitrogens is 2. The van der Waals surface area contributed by atoms with Gasteiger partial charge in [-0.3, -0.25) is 4.79 Å². The summed E-state index contributed by atoms with van der Waals surface area (Å²) in [7, 11) is -4.00. The van der Waals surface area contributed by atoms with Crippen LogP contribution >= 0.6 is 11.6 Å². The summed E-state index contributed by atoms with van der Waals surface area (Å²) in [6.45, 7) is 0.529. The maximum Gasteiger partial charge on any atom is 0.248 e. The van der Waals surface area contributed by atoms with Gasteiger partial charge in [0.1, 0.15) is 11.8 Å². The Morgan fingerprint density at radius 1 is 0.921 bits per heavy atom. The second kappa shape index (κ2) is 10.9. The van der Waals surface area contributed by atoms with Crippen LogP contribution in [0.15, 0.2) is 82.1 Å². The predicted octanol–water partition coefficient (Wildman–Crippen LogP) is 4.62. The van der Waals surface area contributed by atoms with Crippen molar-refractivity contribution in [1.82, 2.24) is 19.8 Å². The number of halogens is 1. The van der Waals surface area contributed by atoms with Gasteiger partial charge in [-0.25, -0.2) is 8.42 Å². The van der Waals surface area contributed by atoms with Gasteiger partial charge in [-0.05, 0) is 85.5 Å². The van der Waals surface area contributed by atoms with Gasteiger partial charge in [0, 0.05) is 29.2 Å². The molecule has 1 atom stereocenters. The number of rotatable bonds is 7. The zero-order chi connectivity index (χ0) is 26.7. The van der Waals surface area contributed by atoms with Crippen LogP contribution in [0.3, 0.4) is 0 Å². The summed E-state index contributed by atoms with van der Waals surface area (Å²) in [5.74, 6) is 0.443. The Balaban J connectivity index is 1.42. The van der Waals surface area contributed by atoms with Crippen LogP contribution in [-0.4, -0.2) is 46.5 Å². The number of carbonyl (C=O) groups is 1. The average molecular weight is 553 g/mol. The minimum absolute atomic E-state index is 0.00587. The van der Waals surface area contributed by atoms with Crippen LogP contribution in [0.2, 0.25) is 5.02 Å². The molecule has 0 unspecified atom stereocenters. The van der Waals surface area contributed by atoms with Crippen LogP contribution in [0.4, 0.5) is 0 Å². The van der Waals surface area contributed by atoms with Crippen molar-refractivity contribution < 1.29 is 22.7 Å². The zero-order valence-electron chi connectivity index (χ0n) is 20.2. The van der Waals surface area contributed by atoms with Crippen LogP contribution in [0.1, 0.15) is 24.8 Å². The maximum atomic E-state index is 13.7. The molecule has 1 aliphatic rings. The smallest absolute Gasteiger partial charge is 0.248 e. The molecule has 0 aliphatic carbocycles. The third kappa shape index (κ3) is 5.57. The summed E-state index contributed by atoms with van der Waals surface area (Å²) in [6, 6.07) is 18.6. The molecular weight excluding hydrogens is 528 g/mol. The minimum atomic E-state index is -4.00. The highest BCUT2D eigenvalue weighted by atomic mass is 35.5. The molecule has 1 saturated heterocycles. The number of benzene rings is 3. The Bertz CT molecular complexity index is 1520. The van der Waals surface area contributed by atoms with E-state index >= 15 is 0 Å². The molecule has 9 nitrogen and oxygen atoms in total. The third-order valence-corrected chi connectivity index (χ3v) is 8.47. The second-order valence-electron chi connectivity index (χ2n) is 8.96. The molecule has 0 radical (unpaired) electrons. The Morgan fingerprint density at radius 3 is 2.16 bits per heavy atom. The quantitative estimate of drug-likeness (QED) is 0.342. The molecule has 3 aromatic carbocycles. The van der Waals surface area contributed by atoms with Crippen molar-refractivity contribution in [3.05, 3.63) is 83.4 Å². The predicted molar refractivity (Wildman–Crippen MR) is 142 cm³/mol. The number of phenols is 1. The summed E-state index contributed by atoms with van der Waals surface area (Å²) in [4.78, 5) is 12.9. The summed E-state index contributed by atoms with van der Waals surface area (Å²) in [5.41, 5.74) is 2.02. The normalized spacial score (nSPS) is 16.3. The SMILES string of the molecule is O=C1NCCCC[C@H]1N(Cc1ccc(-c2nnc(-c3ccc(O)cc3)o2)cc1)S(=O)(=O)c1ccc(Cl)cc1. The number of phenolic OH excluding ortho intramolecular Hbond substituents is 1. The van der Waals surface area contributed by atoms with Crippen molar-refractivity contribution >= 4 is 27.5 Å². The van der Waals surface area contributed by atoms with Crippen molar-refractivity contribution in [2.75, 3.05) is 6.54 Å². The molecule has 11 heteroatoms. The third-order valence-electron chi connectivity index (χ3n) is 6.35. The molecule has 1 aliphatic heterocycles. The maximum absolute atomic E-state index is 13.7. The Labute approximate surface area is 225 Å². The van der Waals surface area contributed by atoms with E-state index < -0.39 is 16.1 Å². The highest BCUT2D eigenvalue weighted by molar-refractivity contribution is 7.89. The topological polar surface area (TPSA) is 126 Å². The number of nitrogens with zero attached hydrogens (tertiary/aromatic N) is 3. The number of nitrogens with one attached hydrogen (secondary N) is 1. The molecule has 1 amide bonds. The van der Waals surface area contributed by atoms with E-state index in [0.717, 1.165) is 12.8 Å². The van der Waals surface area contributed by atoms with Gasteiger partial charge in [0.25, 0.3) is 0 Å².